The maximum absolute atomic E-state index is 7.02. The van der Waals surface area contributed by atoms with Crippen molar-refractivity contribution in [2.24, 2.45) is 5.92 Å². The summed E-state index contributed by atoms with van der Waals surface area (Å²) >= 11 is 0. The van der Waals surface area contributed by atoms with Crippen molar-refractivity contribution in [3.8, 4) is 0 Å². The first-order valence-corrected chi connectivity index (χ1v) is 15.0. The molecule has 2 atom stereocenters. The number of allylic oxidation sites excluding steroid dienone is 2. The third kappa shape index (κ3) is 3.25. The molecular weight excluding hydrogens is 312 g/mol. The van der Waals surface area contributed by atoms with Crippen molar-refractivity contribution in [3.05, 3.63) is 35.6 Å². The second-order valence-electron chi connectivity index (χ2n) is 9.18. The fraction of sp³-hybridized carbons (Fsp3) is 0.700. The van der Waals surface area contributed by atoms with Crippen LogP contribution >= 0.6 is 0 Å². The molecule has 0 saturated carbocycles. The maximum Gasteiger partial charge on any atom is 0.199 e. The largest absolute Gasteiger partial charge is 0.409 e. The van der Waals surface area contributed by atoms with Crippen LogP contribution in [0, 0.1) is 5.92 Å². The van der Waals surface area contributed by atoms with E-state index in [4.69, 9.17) is 4.43 Å². The highest BCUT2D eigenvalue weighted by atomic mass is 28.4. The molecular formula is C20H36OSi2. The van der Waals surface area contributed by atoms with E-state index in [1.165, 1.54) is 18.0 Å². The number of hydrogen-bond donors (Lipinski definition) is 0. The molecule has 0 aromatic rings. The normalized spacial score (nSPS) is 27.8. The fourth-order valence-corrected chi connectivity index (χ4v) is 12.2. The van der Waals surface area contributed by atoms with Crippen LogP contribution < -0.4 is 0 Å². The lowest BCUT2D eigenvalue weighted by molar-refractivity contribution is 0.180. The van der Waals surface area contributed by atoms with Crippen LogP contribution in [-0.4, -0.2) is 22.5 Å². The summed E-state index contributed by atoms with van der Waals surface area (Å²) < 4.78 is 7.02. The van der Waals surface area contributed by atoms with Gasteiger partial charge in [-0.25, -0.2) is 0 Å². The van der Waals surface area contributed by atoms with Crippen molar-refractivity contribution in [1.82, 2.24) is 0 Å². The van der Waals surface area contributed by atoms with Gasteiger partial charge >= 0.3 is 0 Å². The smallest absolute Gasteiger partial charge is 0.199 e. The molecule has 1 heterocycles. The van der Waals surface area contributed by atoms with Gasteiger partial charge in [-0.05, 0) is 41.5 Å². The van der Waals surface area contributed by atoms with E-state index in [1.807, 2.05) is 0 Å². The molecule has 3 heteroatoms. The van der Waals surface area contributed by atoms with Crippen LogP contribution in [0.15, 0.2) is 35.6 Å². The van der Waals surface area contributed by atoms with Gasteiger partial charge in [-0.1, -0.05) is 70.8 Å². The molecule has 0 spiro atoms. The van der Waals surface area contributed by atoms with Crippen LogP contribution in [0.3, 0.4) is 0 Å². The molecule has 0 N–H and O–H groups in total. The highest BCUT2D eigenvalue weighted by Crippen LogP contribution is 2.54. The lowest BCUT2D eigenvalue weighted by Crippen LogP contribution is -2.53. The van der Waals surface area contributed by atoms with E-state index in [0.717, 1.165) is 6.42 Å². The van der Waals surface area contributed by atoms with Crippen molar-refractivity contribution in [2.75, 3.05) is 0 Å². The van der Waals surface area contributed by atoms with Gasteiger partial charge in [0.15, 0.2) is 8.32 Å². The van der Waals surface area contributed by atoms with Crippen molar-refractivity contribution < 1.29 is 4.43 Å². The Bertz CT molecular complexity index is 514. The minimum absolute atomic E-state index is 0.267. The summed E-state index contributed by atoms with van der Waals surface area (Å²) in [6.07, 6.45) is 4.47. The Morgan fingerprint density at radius 3 is 2.22 bits per heavy atom. The molecule has 1 nitrogen and oxygen atoms in total. The Kier molecular flexibility index (Phi) is 5.35. The molecule has 0 amide bonds. The highest BCUT2D eigenvalue weighted by Gasteiger charge is 2.53. The Balaban J connectivity index is 2.54. The Labute approximate surface area is 146 Å². The van der Waals surface area contributed by atoms with Gasteiger partial charge in [0.2, 0.25) is 0 Å². The summed E-state index contributed by atoms with van der Waals surface area (Å²) in [5.74, 6) is 0.694. The number of hydrogen-bond acceptors (Lipinski definition) is 1. The van der Waals surface area contributed by atoms with Crippen LogP contribution in [0.1, 0.15) is 40.5 Å². The van der Waals surface area contributed by atoms with E-state index in [2.05, 4.69) is 66.6 Å². The van der Waals surface area contributed by atoms with Crippen LogP contribution in [-0.2, 0) is 4.43 Å². The fourth-order valence-electron chi connectivity index (χ4n) is 4.99. The molecule has 0 bridgehead atoms. The second-order valence-corrected chi connectivity index (χ2v) is 19.0. The predicted molar refractivity (Wildman–Crippen MR) is 108 cm³/mol. The first kappa shape index (κ1) is 18.9. The number of rotatable bonds is 5. The minimum Gasteiger partial charge on any atom is -0.409 e. The SMILES string of the molecule is C=CCC1O[Si](C(C)C)(C(C)C)CC2CC(=C)C([Si](C)(C)C)=C21. The van der Waals surface area contributed by atoms with Crippen molar-refractivity contribution in [2.45, 2.75) is 83.4 Å². The average Bonchev–Trinajstić information content (AvgIpc) is 2.74. The zero-order valence-electron chi connectivity index (χ0n) is 16.3. The highest BCUT2D eigenvalue weighted by molar-refractivity contribution is 6.84. The van der Waals surface area contributed by atoms with E-state index >= 15 is 0 Å². The molecule has 0 radical (unpaired) electrons. The van der Waals surface area contributed by atoms with Gasteiger partial charge in [0.05, 0.1) is 14.2 Å². The van der Waals surface area contributed by atoms with Crippen molar-refractivity contribution in [1.29, 1.82) is 0 Å². The molecule has 1 aliphatic heterocycles. The molecule has 0 aromatic carbocycles. The topological polar surface area (TPSA) is 9.23 Å². The molecule has 2 unspecified atom stereocenters. The van der Waals surface area contributed by atoms with Gasteiger partial charge in [-0.3, -0.25) is 0 Å². The molecule has 1 fully saturated rings. The number of fused-ring (bicyclic) bond motifs is 1. The summed E-state index contributed by atoms with van der Waals surface area (Å²) in [7, 11) is -3.14. The van der Waals surface area contributed by atoms with Gasteiger partial charge < -0.3 is 4.43 Å². The summed E-state index contributed by atoms with van der Waals surface area (Å²) in [6, 6.07) is 1.29. The zero-order chi connectivity index (χ0) is 17.6. The molecule has 130 valence electrons. The van der Waals surface area contributed by atoms with E-state index < -0.39 is 16.4 Å². The van der Waals surface area contributed by atoms with Crippen molar-refractivity contribution in [3.63, 3.8) is 0 Å². The quantitative estimate of drug-likeness (QED) is 0.408. The molecule has 1 aliphatic carbocycles. The van der Waals surface area contributed by atoms with E-state index in [1.54, 1.807) is 10.8 Å². The summed E-state index contributed by atoms with van der Waals surface area (Å²) in [6.45, 7) is 25.4. The monoisotopic (exact) mass is 348 g/mol. The van der Waals surface area contributed by atoms with Crippen LogP contribution in [0.2, 0.25) is 36.8 Å². The van der Waals surface area contributed by atoms with Crippen LogP contribution in [0.4, 0.5) is 0 Å². The third-order valence-electron chi connectivity index (χ3n) is 5.93. The minimum atomic E-state index is -1.75. The van der Waals surface area contributed by atoms with Gasteiger partial charge in [0.1, 0.15) is 0 Å². The average molecular weight is 349 g/mol. The summed E-state index contributed by atoms with van der Waals surface area (Å²) in [4.78, 5) is 0. The molecule has 23 heavy (non-hydrogen) atoms. The van der Waals surface area contributed by atoms with E-state index in [9.17, 15) is 0 Å². The first-order chi connectivity index (χ1) is 10.5. The lowest BCUT2D eigenvalue weighted by atomic mass is 9.96. The van der Waals surface area contributed by atoms with Gasteiger partial charge in [-0.2, -0.15) is 0 Å². The third-order valence-corrected chi connectivity index (χ3v) is 13.8. The molecule has 2 rings (SSSR count). The van der Waals surface area contributed by atoms with Gasteiger partial charge in [0.25, 0.3) is 0 Å². The molecule has 2 aliphatic rings. The maximum atomic E-state index is 7.02. The van der Waals surface area contributed by atoms with E-state index in [0.29, 0.717) is 17.0 Å². The molecule has 0 aromatic heterocycles. The van der Waals surface area contributed by atoms with Gasteiger partial charge in [-0.15, -0.1) is 6.58 Å². The first-order valence-electron chi connectivity index (χ1n) is 9.26. The van der Waals surface area contributed by atoms with Crippen LogP contribution in [0.25, 0.3) is 0 Å². The zero-order valence-corrected chi connectivity index (χ0v) is 18.3. The predicted octanol–water partition coefficient (Wildman–Crippen LogP) is 6.48. The standard InChI is InChI=1S/C20H36OSi2/c1-10-11-18-19-17(12-16(6)20(19)22(7,8)9)13-23(21-18,14(2)3)15(4)5/h10,14-15,17-18H,1,6,11-13H2,2-5,7-9H3. The lowest BCUT2D eigenvalue weighted by Gasteiger charge is -2.49. The Hall–Kier alpha value is -0.386. The van der Waals surface area contributed by atoms with Crippen LogP contribution in [0.5, 0.6) is 0 Å². The second kappa shape index (κ2) is 6.49. The summed E-state index contributed by atoms with van der Waals surface area (Å²) in [5.41, 5.74) is 4.37. The van der Waals surface area contributed by atoms with Gasteiger partial charge in [0, 0.05) is 0 Å². The van der Waals surface area contributed by atoms with E-state index in [-0.39, 0.29) is 6.10 Å². The Morgan fingerprint density at radius 1 is 1.22 bits per heavy atom. The Morgan fingerprint density at radius 2 is 1.78 bits per heavy atom. The molecule has 1 saturated heterocycles. The van der Waals surface area contributed by atoms with Crippen molar-refractivity contribution >= 4 is 16.4 Å². The summed E-state index contributed by atoms with van der Waals surface area (Å²) in [5, 5.41) is 1.63.